The molecule has 0 saturated heterocycles. The van der Waals surface area contributed by atoms with Crippen molar-refractivity contribution in [3.05, 3.63) is 64.7 Å². The number of nitrogens with zero attached hydrogens (tertiary/aromatic N) is 1. The predicted molar refractivity (Wildman–Crippen MR) is 118 cm³/mol. The molecule has 2 atom stereocenters. The van der Waals surface area contributed by atoms with Crippen molar-refractivity contribution in [2.75, 3.05) is 4.90 Å². The summed E-state index contributed by atoms with van der Waals surface area (Å²) in [5.74, 6) is -4.00. The van der Waals surface area contributed by atoms with Crippen LogP contribution in [0.1, 0.15) is 61.8 Å². The Morgan fingerprint density at radius 2 is 1.59 bits per heavy atom. The van der Waals surface area contributed by atoms with Crippen LogP contribution in [0, 0.1) is 0 Å². The minimum absolute atomic E-state index is 0.0254. The summed E-state index contributed by atoms with van der Waals surface area (Å²) in [6, 6.07) is 7.16. The normalized spacial score (nSPS) is 20.0. The van der Waals surface area contributed by atoms with Crippen LogP contribution in [0.25, 0.3) is 0 Å². The summed E-state index contributed by atoms with van der Waals surface area (Å²) >= 11 is 0. The van der Waals surface area contributed by atoms with Gasteiger partial charge in [-0.15, -0.1) is 0 Å². The Labute approximate surface area is 208 Å². The molecule has 2 unspecified atom stereocenters. The van der Waals surface area contributed by atoms with Gasteiger partial charge in [0.1, 0.15) is 6.61 Å². The minimum Gasteiger partial charge on any atom is -0.461 e. The van der Waals surface area contributed by atoms with E-state index in [1.165, 1.54) is 6.07 Å². The Bertz CT molecular complexity index is 1130. The topological polar surface area (TPSA) is 55.8 Å². The number of anilines is 1. The van der Waals surface area contributed by atoms with E-state index >= 15 is 4.39 Å². The number of hydrogen-bond acceptors (Lipinski definition) is 4. The highest BCUT2D eigenvalue weighted by atomic mass is 19.4. The Hall–Kier alpha value is -3.31. The van der Waals surface area contributed by atoms with Crippen LogP contribution in [-0.2, 0) is 33.2 Å². The fourth-order valence-electron chi connectivity index (χ4n) is 4.19. The minimum atomic E-state index is -5.04. The van der Waals surface area contributed by atoms with E-state index in [0.717, 1.165) is 11.8 Å². The number of para-hydroxylation sites is 1. The summed E-state index contributed by atoms with van der Waals surface area (Å²) in [5.41, 5.74) is -2.95. The van der Waals surface area contributed by atoms with Crippen LogP contribution in [-0.4, -0.2) is 24.0 Å². The third-order valence-electron chi connectivity index (χ3n) is 5.68. The van der Waals surface area contributed by atoms with Gasteiger partial charge in [0, 0.05) is 12.3 Å². The number of rotatable bonds is 5. The molecule has 5 nitrogen and oxygen atoms in total. The lowest BCUT2D eigenvalue weighted by Crippen LogP contribution is -2.51. The number of alkyl halides is 7. The molecule has 202 valence electrons. The monoisotopic (exact) mass is 535 g/mol. The molecule has 0 aliphatic carbocycles. The molecule has 0 radical (unpaired) electrons. The van der Waals surface area contributed by atoms with E-state index in [9.17, 15) is 35.9 Å². The number of benzene rings is 2. The Balaban J connectivity index is 1.80. The van der Waals surface area contributed by atoms with Crippen LogP contribution in [0.4, 0.5) is 41.2 Å². The van der Waals surface area contributed by atoms with Crippen LogP contribution in [0.5, 0.6) is 0 Å². The molecule has 0 aromatic heterocycles. The second kappa shape index (κ2) is 10.2. The Morgan fingerprint density at radius 3 is 2.14 bits per heavy atom. The highest BCUT2D eigenvalue weighted by Crippen LogP contribution is 2.46. The molecule has 3 rings (SSSR count). The van der Waals surface area contributed by atoms with Gasteiger partial charge in [0.25, 0.3) is 0 Å². The maximum atomic E-state index is 15.6. The van der Waals surface area contributed by atoms with Gasteiger partial charge < -0.3 is 9.47 Å². The van der Waals surface area contributed by atoms with Gasteiger partial charge in [0.05, 0.1) is 29.3 Å². The molecule has 2 aromatic carbocycles. The van der Waals surface area contributed by atoms with Gasteiger partial charge in [0.15, 0.2) is 5.79 Å². The van der Waals surface area contributed by atoms with Crippen molar-refractivity contribution in [2.24, 2.45) is 0 Å². The number of amides is 1. The molecule has 37 heavy (non-hydrogen) atoms. The molecule has 0 N–H and O–H groups in total. The first kappa shape index (κ1) is 28.3. The van der Waals surface area contributed by atoms with Gasteiger partial charge in [-0.25, -0.2) is 14.1 Å². The zero-order valence-corrected chi connectivity index (χ0v) is 20.0. The SMILES string of the molecule is CC(C)OC(=O)N1c2ccccc2C(CC(=O)OCc2cc(C(F)(F)F)cc(C(F)(F)F)c2)CC1(C)F. The number of esters is 1. The van der Waals surface area contributed by atoms with Gasteiger partial charge in [-0.1, -0.05) is 18.2 Å². The molecule has 1 aliphatic heterocycles. The summed E-state index contributed by atoms with van der Waals surface area (Å²) in [6.45, 7) is 3.50. The summed E-state index contributed by atoms with van der Waals surface area (Å²) in [6.07, 6.45) is -12.3. The lowest BCUT2D eigenvalue weighted by molar-refractivity contribution is -0.145. The molecular weight excluding hydrogens is 511 g/mol. The smallest absolute Gasteiger partial charge is 0.417 e. The lowest BCUT2D eigenvalue weighted by Gasteiger charge is -2.42. The van der Waals surface area contributed by atoms with Gasteiger partial charge in [-0.2, -0.15) is 26.3 Å². The summed E-state index contributed by atoms with van der Waals surface area (Å²) in [4.78, 5) is 26.0. The molecule has 0 spiro atoms. The molecule has 1 aliphatic rings. The molecule has 12 heteroatoms. The average molecular weight is 535 g/mol. The standard InChI is InChI=1S/C25H24F7NO4/c1-14(2)37-22(35)33-20-7-5-4-6-19(20)16(12-23(33,3)26)10-21(34)36-13-15-8-17(24(27,28)29)11-18(9-15)25(30,31)32/h4-9,11,14,16H,10,12-13H2,1-3H3. The molecule has 2 aromatic rings. The van der Waals surface area contributed by atoms with Gasteiger partial charge in [-0.05, 0) is 56.2 Å². The third kappa shape index (κ3) is 6.72. The molecule has 1 heterocycles. The van der Waals surface area contributed by atoms with Crippen molar-refractivity contribution in [3.63, 3.8) is 0 Å². The molecule has 1 amide bonds. The number of carbonyl (C=O) groups is 2. The summed E-state index contributed by atoms with van der Waals surface area (Å²) in [7, 11) is 0. The zero-order chi connectivity index (χ0) is 27.8. The largest absolute Gasteiger partial charge is 0.461 e. The van der Waals surface area contributed by atoms with Crippen molar-refractivity contribution < 1.29 is 49.8 Å². The van der Waals surface area contributed by atoms with E-state index in [-0.39, 0.29) is 18.2 Å². The Morgan fingerprint density at radius 1 is 1.03 bits per heavy atom. The number of hydrogen-bond donors (Lipinski definition) is 0. The van der Waals surface area contributed by atoms with Crippen molar-refractivity contribution >= 4 is 17.7 Å². The fraction of sp³-hybridized carbons (Fsp3) is 0.440. The van der Waals surface area contributed by atoms with E-state index in [2.05, 4.69) is 0 Å². The van der Waals surface area contributed by atoms with Crippen molar-refractivity contribution in [1.82, 2.24) is 0 Å². The number of carbonyl (C=O) groups excluding carboxylic acids is 2. The molecule has 0 bridgehead atoms. The van der Waals surface area contributed by atoms with Crippen molar-refractivity contribution in [2.45, 2.75) is 70.4 Å². The maximum Gasteiger partial charge on any atom is 0.417 e. The van der Waals surface area contributed by atoms with Crippen LogP contribution in [0.2, 0.25) is 0 Å². The third-order valence-corrected chi connectivity index (χ3v) is 5.68. The zero-order valence-electron chi connectivity index (χ0n) is 20.0. The Kier molecular flexibility index (Phi) is 7.80. The number of fused-ring (bicyclic) bond motifs is 1. The lowest BCUT2D eigenvalue weighted by atomic mass is 9.83. The average Bonchev–Trinajstić information content (AvgIpc) is 2.75. The second-order valence-corrected chi connectivity index (χ2v) is 9.15. The number of halogens is 7. The summed E-state index contributed by atoms with van der Waals surface area (Å²) < 4.78 is 104. The van der Waals surface area contributed by atoms with E-state index in [4.69, 9.17) is 9.47 Å². The first-order valence-electron chi connectivity index (χ1n) is 11.2. The predicted octanol–water partition coefficient (Wildman–Crippen LogP) is 7.38. The van der Waals surface area contributed by atoms with Crippen molar-refractivity contribution in [1.29, 1.82) is 0 Å². The van der Waals surface area contributed by atoms with Crippen LogP contribution in [0.15, 0.2) is 42.5 Å². The van der Waals surface area contributed by atoms with Gasteiger partial charge in [0.2, 0.25) is 0 Å². The molecule has 0 fully saturated rings. The fourth-order valence-corrected chi connectivity index (χ4v) is 4.19. The van der Waals surface area contributed by atoms with Gasteiger partial charge in [-0.3, -0.25) is 4.79 Å². The maximum absolute atomic E-state index is 15.6. The van der Waals surface area contributed by atoms with Crippen molar-refractivity contribution in [3.8, 4) is 0 Å². The first-order valence-corrected chi connectivity index (χ1v) is 11.2. The van der Waals surface area contributed by atoms with Crippen LogP contribution in [0.3, 0.4) is 0 Å². The highest BCUT2D eigenvalue weighted by Gasteiger charge is 2.46. The van der Waals surface area contributed by atoms with Gasteiger partial charge >= 0.3 is 24.4 Å². The highest BCUT2D eigenvalue weighted by molar-refractivity contribution is 5.91. The summed E-state index contributed by atoms with van der Waals surface area (Å²) in [5, 5.41) is 0. The van der Waals surface area contributed by atoms with Crippen LogP contribution >= 0.6 is 0 Å². The second-order valence-electron chi connectivity index (χ2n) is 9.15. The first-order chi connectivity index (χ1) is 17.0. The molecule has 0 saturated carbocycles. The van der Waals surface area contributed by atoms with E-state index in [0.29, 0.717) is 17.7 Å². The van der Waals surface area contributed by atoms with Crippen LogP contribution < -0.4 is 4.90 Å². The quantitative estimate of drug-likeness (QED) is 0.228. The van der Waals surface area contributed by atoms with E-state index < -0.39 is 71.9 Å². The van der Waals surface area contributed by atoms with E-state index in [1.54, 1.807) is 32.0 Å². The van der Waals surface area contributed by atoms with E-state index in [1.807, 2.05) is 0 Å². The number of ether oxygens (including phenoxy) is 2. The molecular formula is C25H24F7NO4.